The summed E-state index contributed by atoms with van der Waals surface area (Å²) >= 11 is 6.18. The summed E-state index contributed by atoms with van der Waals surface area (Å²) in [6.07, 6.45) is 3.33. The van der Waals surface area contributed by atoms with Crippen molar-refractivity contribution in [3.05, 3.63) is 28.3 Å². The molecule has 0 aliphatic carbocycles. The third-order valence-electron chi connectivity index (χ3n) is 4.61. The van der Waals surface area contributed by atoms with Gasteiger partial charge in [0.1, 0.15) is 5.75 Å². The molecule has 0 N–H and O–H groups in total. The summed E-state index contributed by atoms with van der Waals surface area (Å²) in [5.41, 5.74) is 1.43. The summed E-state index contributed by atoms with van der Waals surface area (Å²) < 4.78 is 5.20. The number of carbonyl (C=O) groups excluding carboxylic acids is 2. The van der Waals surface area contributed by atoms with Crippen molar-refractivity contribution in [2.75, 3.05) is 33.3 Å². The normalized spacial score (nSPS) is 15.0. The zero-order chi connectivity index (χ0) is 18.4. The predicted octanol–water partition coefficient (Wildman–Crippen LogP) is 3.52. The zero-order valence-corrected chi connectivity index (χ0v) is 16.1. The fraction of sp³-hybridized carbons (Fsp3) is 0.579. The molecule has 0 bridgehead atoms. The van der Waals surface area contributed by atoms with Crippen LogP contribution in [0.3, 0.4) is 0 Å². The minimum atomic E-state index is -0.0371. The van der Waals surface area contributed by atoms with E-state index in [9.17, 15) is 9.59 Å². The van der Waals surface area contributed by atoms with E-state index in [0.717, 1.165) is 24.8 Å². The Morgan fingerprint density at radius 1 is 1.16 bits per heavy atom. The number of unbranched alkanes of at least 4 members (excludes halogenated alkanes) is 1. The molecule has 6 heteroatoms. The van der Waals surface area contributed by atoms with Gasteiger partial charge in [-0.05, 0) is 37.5 Å². The number of nitrogens with zero attached hydrogens (tertiary/aromatic N) is 2. The molecule has 1 aromatic rings. The Balaban J connectivity index is 2.06. The van der Waals surface area contributed by atoms with Gasteiger partial charge in [-0.3, -0.25) is 9.59 Å². The predicted molar refractivity (Wildman–Crippen MR) is 99.4 cm³/mol. The molecular weight excluding hydrogens is 340 g/mol. The standard InChI is InChI=1S/C19H27ClN2O3/c1-4-5-7-18(23)21-8-6-9-22(11-10-21)19(24)15-13-16(20)17(25-3)12-14(15)2/h12-13H,4-11H2,1-3H3. The molecule has 0 atom stereocenters. The molecule has 2 amide bonds. The van der Waals surface area contributed by atoms with Crippen molar-refractivity contribution in [1.82, 2.24) is 9.80 Å². The lowest BCUT2D eigenvalue weighted by molar-refractivity contribution is -0.131. The van der Waals surface area contributed by atoms with E-state index in [1.807, 2.05) is 16.7 Å². The molecule has 1 aromatic carbocycles. The van der Waals surface area contributed by atoms with Crippen LogP contribution >= 0.6 is 11.6 Å². The van der Waals surface area contributed by atoms with Crippen molar-refractivity contribution >= 4 is 23.4 Å². The maximum Gasteiger partial charge on any atom is 0.254 e. The highest BCUT2D eigenvalue weighted by Gasteiger charge is 2.24. The summed E-state index contributed by atoms with van der Waals surface area (Å²) in [6.45, 7) is 6.48. The van der Waals surface area contributed by atoms with Crippen molar-refractivity contribution in [1.29, 1.82) is 0 Å². The van der Waals surface area contributed by atoms with E-state index in [1.165, 1.54) is 0 Å². The fourth-order valence-electron chi connectivity index (χ4n) is 3.07. The lowest BCUT2D eigenvalue weighted by atomic mass is 10.1. The number of hydrogen-bond donors (Lipinski definition) is 0. The Morgan fingerprint density at radius 3 is 2.52 bits per heavy atom. The van der Waals surface area contributed by atoms with Crippen LogP contribution in [-0.4, -0.2) is 54.9 Å². The molecule has 1 saturated heterocycles. The van der Waals surface area contributed by atoms with Crippen molar-refractivity contribution in [3.63, 3.8) is 0 Å². The van der Waals surface area contributed by atoms with Crippen molar-refractivity contribution < 1.29 is 14.3 Å². The number of halogens is 1. The van der Waals surface area contributed by atoms with E-state index in [-0.39, 0.29) is 11.8 Å². The maximum atomic E-state index is 12.9. The van der Waals surface area contributed by atoms with Gasteiger partial charge in [-0.2, -0.15) is 0 Å². The van der Waals surface area contributed by atoms with Gasteiger partial charge < -0.3 is 14.5 Å². The molecule has 0 spiro atoms. The van der Waals surface area contributed by atoms with E-state index >= 15 is 0 Å². The minimum absolute atomic E-state index is 0.0371. The van der Waals surface area contributed by atoms with E-state index in [1.54, 1.807) is 19.2 Å². The van der Waals surface area contributed by atoms with Gasteiger partial charge in [-0.25, -0.2) is 0 Å². The molecular formula is C19H27ClN2O3. The van der Waals surface area contributed by atoms with Crippen LogP contribution < -0.4 is 4.74 Å². The molecule has 5 nitrogen and oxygen atoms in total. The first kappa shape index (κ1) is 19.6. The highest BCUT2D eigenvalue weighted by Crippen LogP contribution is 2.28. The van der Waals surface area contributed by atoms with Crippen molar-refractivity contribution in [2.24, 2.45) is 0 Å². The SMILES string of the molecule is CCCCC(=O)N1CCCN(C(=O)c2cc(Cl)c(OC)cc2C)CC1. The Kier molecular flexibility index (Phi) is 7.12. The van der Waals surface area contributed by atoms with Gasteiger partial charge in [0.2, 0.25) is 5.91 Å². The van der Waals surface area contributed by atoms with E-state index in [4.69, 9.17) is 16.3 Å². The lowest BCUT2D eigenvalue weighted by Gasteiger charge is -2.23. The average molecular weight is 367 g/mol. The Bertz CT molecular complexity index is 633. The first-order valence-corrected chi connectivity index (χ1v) is 9.27. The number of amides is 2. The first-order chi connectivity index (χ1) is 12.0. The highest BCUT2D eigenvalue weighted by molar-refractivity contribution is 6.32. The summed E-state index contributed by atoms with van der Waals surface area (Å²) in [4.78, 5) is 28.8. The van der Waals surface area contributed by atoms with Crippen molar-refractivity contribution in [2.45, 2.75) is 39.5 Å². The largest absolute Gasteiger partial charge is 0.495 e. The highest BCUT2D eigenvalue weighted by atomic mass is 35.5. The number of aryl methyl sites for hydroxylation is 1. The van der Waals surface area contributed by atoms with Gasteiger partial charge in [-0.15, -0.1) is 0 Å². The van der Waals surface area contributed by atoms with Gasteiger partial charge in [-0.1, -0.05) is 24.9 Å². The second-order valence-electron chi connectivity index (χ2n) is 6.43. The average Bonchev–Trinajstić information content (AvgIpc) is 2.86. The second kappa shape index (κ2) is 9.09. The fourth-order valence-corrected chi connectivity index (χ4v) is 3.31. The van der Waals surface area contributed by atoms with Crippen LogP contribution in [0.15, 0.2) is 12.1 Å². The first-order valence-electron chi connectivity index (χ1n) is 8.89. The van der Waals surface area contributed by atoms with Gasteiger partial charge >= 0.3 is 0 Å². The number of ether oxygens (including phenoxy) is 1. The van der Waals surface area contributed by atoms with Crippen LogP contribution in [0.2, 0.25) is 5.02 Å². The van der Waals surface area contributed by atoms with Crippen LogP contribution in [-0.2, 0) is 4.79 Å². The number of carbonyl (C=O) groups is 2. The third-order valence-corrected chi connectivity index (χ3v) is 4.90. The maximum absolute atomic E-state index is 12.9. The van der Waals surface area contributed by atoms with Crippen LogP contribution in [0.1, 0.15) is 48.5 Å². The van der Waals surface area contributed by atoms with Crippen molar-refractivity contribution in [3.8, 4) is 5.75 Å². The second-order valence-corrected chi connectivity index (χ2v) is 6.84. The summed E-state index contributed by atoms with van der Waals surface area (Å²) in [6, 6.07) is 3.46. The molecule has 1 aliphatic rings. The molecule has 25 heavy (non-hydrogen) atoms. The topological polar surface area (TPSA) is 49.9 Å². The molecule has 1 aliphatic heterocycles. The number of hydrogen-bond acceptors (Lipinski definition) is 3. The summed E-state index contributed by atoms with van der Waals surface area (Å²) in [7, 11) is 1.56. The summed E-state index contributed by atoms with van der Waals surface area (Å²) in [5, 5.41) is 0.433. The molecule has 0 radical (unpaired) electrons. The van der Waals surface area contributed by atoms with Gasteiger partial charge in [0, 0.05) is 38.2 Å². The molecule has 1 fully saturated rings. The van der Waals surface area contributed by atoms with Gasteiger partial charge in [0.25, 0.3) is 5.91 Å². The Morgan fingerprint density at radius 2 is 1.84 bits per heavy atom. The smallest absolute Gasteiger partial charge is 0.254 e. The Labute approximate surface area is 154 Å². The lowest BCUT2D eigenvalue weighted by Crippen LogP contribution is -2.37. The molecule has 2 rings (SSSR count). The monoisotopic (exact) mass is 366 g/mol. The Hall–Kier alpha value is -1.75. The minimum Gasteiger partial charge on any atom is -0.495 e. The van der Waals surface area contributed by atoms with Crippen LogP contribution in [0.25, 0.3) is 0 Å². The van der Waals surface area contributed by atoms with E-state index in [0.29, 0.717) is 48.9 Å². The molecule has 0 aromatic heterocycles. The van der Waals surface area contributed by atoms with Gasteiger partial charge in [0.05, 0.1) is 12.1 Å². The molecule has 138 valence electrons. The van der Waals surface area contributed by atoms with E-state index < -0.39 is 0 Å². The van der Waals surface area contributed by atoms with Gasteiger partial charge in [0.15, 0.2) is 0 Å². The van der Waals surface area contributed by atoms with Crippen LogP contribution in [0.5, 0.6) is 5.75 Å². The number of benzene rings is 1. The third kappa shape index (κ3) is 4.88. The quantitative estimate of drug-likeness (QED) is 0.801. The molecule has 0 saturated carbocycles. The van der Waals surface area contributed by atoms with Crippen LogP contribution in [0, 0.1) is 6.92 Å². The summed E-state index contributed by atoms with van der Waals surface area (Å²) in [5.74, 6) is 0.726. The molecule has 0 unspecified atom stereocenters. The zero-order valence-electron chi connectivity index (χ0n) is 15.3. The number of rotatable bonds is 5. The molecule has 1 heterocycles. The van der Waals surface area contributed by atoms with E-state index in [2.05, 4.69) is 6.92 Å². The van der Waals surface area contributed by atoms with Crippen LogP contribution in [0.4, 0.5) is 0 Å². The number of methoxy groups -OCH3 is 1.